The van der Waals surface area contributed by atoms with E-state index in [-0.39, 0.29) is 23.3 Å². The molecule has 10 heteroatoms. The Bertz CT molecular complexity index is 1530. The normalized spacial score (nSPS) is 17.0. The molecule has 2 aliphatic heterocycles. The minimum absolute atomic E-state index is 0.126. The first-order valence-electron chi connectivity index (χ1n) is 15.7. The number of aromatic nitrogens is 2. The fourth-order valence-electron chi connectivity index (χ4n) is 6.05. The third-order valence-electron chi connectivity index (χ3n) is 8.39. The Morgan fingerprint density at radius 2 is 1.07 bits per heavy atom. The van der Waals surface area contributed by atoms with E-state index in [4.69, 9.17) is 32.7 Å². The number of pyridine rings is 2. The zero-order valence-electron chi connectivity index (χ0n) is 25.5. The molecule has 6 rings (SSSR count). The van der Waals surface area contributed by atoms with E-state index >= 15 is 0 Å². The van der Waals surface area contributed by atoms with Gasteiger partial charge in [0.25, 0.3) is 11.1 Å². The molecule has 4 aromatic rings. The topological polar surface area (TPSA) is 90.7 Å². The molecule has 0 saturated carbocycles. The standard InChI is InChI=1S/2C17H21ClN2O2/c2*1-2-7-20-8-4-13(5-9-20)22-16-10-12-3-6-19-17(21)14(12)11-15(16)18/h2*3,6,10-11,13H,2,4-5,7-9H2,1H3,(H,19,21). The summed E-state index contributed by atoms with van der Waals surface area (Å²) >= 11 is 12.6. The number of rotatable bonds is 8. The van der Waals surface area contributed by atoms with Gasteiger partial charge in [-0.15, -0.1) is 0 Å². The van der Waals surface area contributed by atoms with Crippen LogP contribution in [-0.2, 0) is 0 Å². The average Bonchev–Trinajstić information content (AvgIpc) is 3.02. The number of likely N-dealkylation sites (tertiary alicyclic amines) is 2. The lowest BCUT2D eigenvalue weighted by molar-refractivity contribution is 0.101. The van der Waals surface area contributed by atoms with Crippen LogP contribution in [0.3, 0.4) is 0 Å². The highest BCUT2D eigenvalue weighted by Gasteiger charge is 2.22. The van der Waals surface area contributed by atoms with Crippen molar-refractivity contribution in [2.24, 2.45) is 0 Å². The van der Waals surface area contributed by atoms with Gasteiger partial charge in [0.05, 0.1) is 10.0 Å². The molecule has 2 saturated heterocycles. The van der Waals surface area contributed by atoms with E-state index < -0.39 is 0 Å². The van der Waals surface area contributed by atoms with E-state index in [0.717, 1.165) is 75.7 Å². The van der Waals surface area contributed by atoms with Crippen molar-refractivity contribution in [2.75, 3.05) is 39.3 Å². The number of nitrogens with zero attached hydrogens (tertiary/aromatic N) is 2. The number of fused-ring (bicyclic) bond motifs is 2. The summed E-state index contributed by atoms with van der Waals surface area (Å²) in [7, 11) is 0. The SMILES string of the molecule is CCCN1CCC(Oc2cc3cc[nH]c(=O)c3cc2Cl)CC1.CCCN1CCC(Oc2cc3cc[nH]c(=O)c3cc2Cl)CC1. The van der Waals surface area contributed by atoms with Crippen molar-refractivity contribution in [1.82, 2.24) is 19.8 Å². The maximum atomic E-state index is 11.8. The Hall–Kier alpha value is -3.04. The summed E-state index contributed by atoms with van der Waals surface area (Å²) in [5.41, 5.74) is -0.252. The smallest absolute Gasteiger partial charge is 0.255 e. The highest BCUT2D eigenvalue weighted by atomic mass is 35.5. The average molecular weight is 642 g/mol. The quantitative estimate of drug-likeness (QED) is 0.218. The predicted molar refractivity (Wildman–Crippen MR) is 180 cm³/mol. The van der Waals surface area contributed by atoms with Gasteiger partial charge in [-0.2, -0.15) is 0 Å². The zero-order chi connectivity index (χ0) is 31.1. The molecule has 2 N–H and O–H groups in total. The van der Waals surface area contributed by atoms with E-state index in [1.165, 1.54) is 12.8 Å². The van der Waals surface area contributed by atoms with Crippen LogP contribution >= 0.6 is 23.2 Å². The van der Waals surface area contributed by atoms with Crippen LogP contribution in [0, 0.1) is 0 Å². The highest BCUT2D eigenvalue weighted by molar-refractivity contribution is 6.33. The second kappa shape index (κ2) is 15.3. The van der Waals surface area contributed by atoms with Gasteiger partial charge in [-0.25, -0.2) is 0 Å². The van der Waals surface area contributed by atoms with Crippen LogP contribution in [0.2, 0.25) is 10.0 Å². The second-order valence-corrected chi connectivity index (χ2v) is 12.5. The first kappa shape index (κ1) is 32.4. The van der Waals surface area contributed by atoms with Crippen LogP contribution in [0.15, 0.2) is 58.4 Å². The van der Waals surface area contributed by atoms with Gasteiger partial charge in [0.1, 0.15) is 23.7 Å². The summed E-state index contributed by atoms with van der Waals surface area (Å²) < 4.78 is 12.2. The fourth-order valence-corrected chi connectivity index (χ4v) is 6.47. The monoisotopic (exact) mass is 640 g/mol. The van der Waals surface area contributed by atoms with Crippen LogP contribution in [0.1, 0.15) is 52.4 Å². The summed E-state index contributed by atoms with van der Waals surface area (Å²) in [6.07, 6.45) is 10.1. The Labute approximate surface area is 268 Å². The van der Waals surface area contributed by atoms with Crippen molar-refractivity contribution < 1.29 is 9.47 Å². The third kappa shape index (κ3) is 8.16. The second-order valence-electron chi connectivity index (χ2n) is 11.7. The molecule has 236 valence electrons. The lowest BCUT2D eigenvalue weighted by Gasteiger charge is -2.32. The van der Waals surface area contributed by atoms with Crippen LogP contribution < -0.4 is 20.6 Å². The van der Waals surface area contributed by atoms with E-state index in [9.17, 15) is 9.59 Å². The number of hydrogen-bond acceptors (Lipinski definition) is 6. The number of halogens is 2. The number of nitrogens with one attached hydrogen (secondary N) is 2. The van der Waals surface area contributed by atoms with Crippen molar-refractivity contribution >= 4 is 44.7 Å². The Balaban J connectivity index is 0.000000175. The third-order valence-corrected chi connectivity index (χ3v) is 8.98. The molecule has 0 spiro atoms. The molecule has 0 unspecified atom stereocenters. The minimum atomic E-state index is -0.126. The highest BCUT2D eigenvalue weighted by Crippen LogP contribution is 2.32. The molecule has 0 radical (unpaired) electrons. The number of H-pyrrole nitrogens is 2. The molecular weight excluding hydrogens is 599 g/mol. The maximum Gasteiger partial charge on any atom is 0.255 e. The number of hydrogen-bond donors (Lipinski definition) is 2. The molecule has 4 heterocycles. The van der Waals surface area contributed by atoms with Crippen molar-refractivity contribution in [3.63, 3.8) is 0 Å². The van der Waals surface area contributed by atoms with Gasteiger partial charge in [-0.05, 0) is 98.8 Å². The number of piperidine rings is 2. The van der Waals surface area contributed by atoms with Gasteiger partial charge in [0.15, 0.2) is 0 Å². The Morgan fingerprint density at radius 3 is 1.43 bits per heavy atom. The Morgan fingerprint density at radius 1 is 0.682 bits per heavy atom. The molecule has 2 aliphatic rings. The van der Waals surface area contributed by atoms with E-state index in [0.29, 0.717) is 32.3 Å². The van der Waals surface area contributed by atoms with Crippen molar-refractivity contribution in [3.05, 3.63) is 79.5 Å². The fraction of sp³-hybridized carbons (Fsp3) is 0.471. The maximum absolute atomic E-state index is 11.8. The predicted octanol–water partition coefficient (Wildman–Crippen LogP) is 6.87. The summed E-state index contributed by atoms with van der Waals surface area (Å²) in [4.78, 5) is 33.8. The first-order valence-corrected chi connectivity index (χ1v) is 16.5. The van der Waals surface area contributed by atoms with Crippen LogP contribution in [0.25, 0.3) is 21.5 Å². The van der Waals surface area contributed by atoms with Gasteiger partial charge in [-0.1, -0.05) is 37.0 Å². The molecule has 0 bridgehead atoms. The van der Waals surface area contributed by atoms with Gasteiger partial charge in [0.2, 0.25) is 0 Å². The lowest BCUT2D eigenvalue weighted by atomic mass is 10.1. The first-order chi connectivity index (χ1) is 21.3. The van der Waals surface area contributed by atoms with Gasteiger partial charge < -0.3 is 29.2 Å². The van der Waals surface area contributed by atoms with Crippen LogP contribution in [0.5, 0.6) is 11.5 Å². The summed E-state index contributed by atoms with van der Waals surface area (Å²) in [6, 6.07) is 10.8. The van der Waals surface area contributed by atoms with Crippen molar-refractivity contribution in [2.45, 2.75) is 64.6 Å². The number of ether oxygens (including phenoxy) is 2. The van der Waals surface area contributed by atoms with Crippen molar-refractivity contribution in [3.8, 4) is 11.5 Å². The molecular formula is C34H42Cl2N4O4. The molecule has 2 aromatic carbocycles. The Kier molecular flexibility index (Phi) is 11.3. The molecule has 0 amide bonds. The van der Waals surface area contributed by atoms with Crippen molar-refractivity contribution in [1.29, 1.82) is 0 Å². The van der Waals surface area contributed by atoms with Gasteiger partial charge >= 0.3 is 0 Å². The molecule has 44 heavy (non-hydrogen) atoms. The van der Waals surface area contributed by atoms with E-state index in [1.807, 2.05) is 24.3 Å². The van der Waals surface area contributed by atoms with E-state index in [1.54, 1.807) is 24.5 Å². The summed E-state index contributed by atoms with van der Waals surface area (Å²) in [6.45, 7) is 11.0. The molecule has 8 nitrogen and oxygen atoms in total. The molecule has 0 atom stereocenters. The van der Waals surface area contributed by atoms with Crippen LogP contribution in [-0.4, -0.2) is 71.2 Å². The largest absolute Gasteiger partial charge is 0.489 e. The number of aromatic amines is 2. The summed E-state index contributed by atoms with van der Waals surface area (Å²) in [5, 5.41) is 3.90. The van der Waals surface area contributed by atoms with E-state index in [2.05, 4.69) is 33.6 Å². The number of benzene rings is 2. The molecule has 2 aromatic heterocycles. The van der Waals surface area contributed by atoms with Gasteiger partial charge in [-0.3, -0.25) is 9.59 Å². The summed E-state index contributed by atoms with van der Waals surface area (Å²) in [5.74, 6) is 1.35. The molecule has 0 aliphatic carbocycles. The molecule has 2 fully saturated rings. The lowest BCUT2D eigenvalue weighted by Crippen LogP contribution is -2.38. The van der Waals surface area contributed by atoms with Gasteiger partial charge in [0, 0.05) is 49.3 Å². The zero-order valence-corrected chi connectivity index (χ0v) is 27.1. The van der Waals surface area contributed by atoms with Crippen LogP contribution in [0.4, 0.5) is 0 Å². The minimum Gasteiger partial charge on any atom is -0.489 e.